The lowest BCUT2D eigenvalue weighted by atomic mass is 9.44. The Labute approximate surface area is 221 Å². The van der Waals surface area contributed by atoms with Gasteiger partial charge in [0.1, 0.15) is 36.3 Å². The van der Waals surface area contributed by atoms with Crippen LogP contribution in [0, 0.1) is 34.5 Å². The number of carboxylic acids is 1. The molecule has 0 bridgehead atoms. The molecule has 0 aromatic carbocycles. The van der Waals surface area contributed by atoms with E-state index >= 15 is 0 Å². The topological polar surface area (TPSA) is 191 Å². The molecule has 0 amide bonds. The molecule has 11 nitrogen and oxygen atoms in total. The van der Waals surface area contributed by atoms with Crippen LogP contribution in [0.25, 0.3) is 0 Å². The van der Waals surface area contributed by atoms with E-state index in [1.54, 1.807) is 0 Å². The summed E-state index contributed by atoms with van der Waals surface area (Å²) in [6.45, 7) is 3.22. The molecule has 0 spiro atoms. The highest BCUT2D eigenvalue weighted by Gasteiger charge is 2.69. The number of aliphatic hydroxyl groups is 5. The molecule has 11 heteroatoms. The summed E-state index contributed by atoms with van der Waals surface area (Å²) in [5, 5.41) is 60.6. The number of carboxylic acid groups (broad SMARTS) is 1. The maximum atomic E-state index is 13.8. The van der Waals surface area contributed by atoms with E-state index in [0.29, 0.717) is 25.7 Å². The number of ketones is 2. The van der Waals surface area contributed by atoms with Crippen LogP contribution in [0.4, 0.5) is 0 Å². The zero-order valence-electron chi connectivity index (χ0n) is 21.9. The van der Waals surface area contributed by atoms with Crippen LogP contribution >= 0.6 is 0 Å². The number of hydrogen-bond donors (Lipinski definition) is 6. The van der Waals surface area contributed by atoms with Gasteiger partial charge >= 0.3 is 5.97 Å². The summed E-state index contributed by atoms with van der Waals surface area (Å²) in [4.78, 5) is 37.8. The number of aliphatic hydroxyl groups excluding tert-OH is 4. The minimum atomic E-state index is -1.78. The molecule has 0 aromatic rings. The summed E-state index contributed by atoms with van der Waals surface area (Å²) in [6.07, 6.45) is -4.28. The number of Topliss-reactive ketones (excluding diaryl/α,β-unsaturated/α-hetero) is 2. The van der Waals surface area contributed by atoms with Gasteiger partial charge in [-0.15, -0.1) is 0 Å². The molecule has 0 aromatic heterocycles. The van der Waals surface area contributed by atoms with Gasteiger partial charge in [-0.2, -0.15) is 0 Å². The molecule has 1 saturated heterocycles. The third kappa shape index (κ3) is 3.92. The molecule has 214 valence electrons. The van der Waals surface area contributed by atoms with Gasteiger partial charge in [-0.1, -0.05) is 13.8 Å². The average molecular weight is 541 g/mol. The highest BCUT2D eigenvalue weighted by Crippen LogP contribution is 2.67. The van der Waals surface area contributed by atoms with Crippen molar-refractivity contribution in [3.63, 3.8) is 0 Å². The van der Waals surface area contributed by atoms with Crippen LogP contribution < -0.4 is 0 Å². The summed E-state index contributed by atoms with van der Waals surface area (Å²) in [5.74, 6) is -2.06. The van der Waals surface area contributed by atoms with Gasteiger partial charge in [-0.25, -0.2) is 4.79 Å². The maximum absolute atomic E-state index is 13.8. The molecule has 38 heavy (non-hydrogen) atoms. The lowest BCUT2D eigenvalue weighted by Crippen LogP contribution is -2.63. The zero-order chi connectivity index (χ0) is 27.8. The Bertz CT molecular complexity index is 986. The predicted octanol–water partition coefficient (Wildman–Crippen LogP) is -0.222. The third-order valence-corrected chi connectivity index (χ3v) is 11.2. The number of carbonyl (C=O) groups is 3. The lowest BCUT2D eigenvalue weighted by molar-refractivity contribution is -0.309. The van der Waals surface area contributed by atoms with E-state index in [9.17, 15) is 45.0 Å². The van der Waals surface area contributed by atoms with Crippen molar-refractivity contribution in [2.24, 2.45) is 34.5 Å². The van der Waals surface area contributed by atoms with Crippen molar-refractivity contribution < 1.29 is 54.5 Å². The van der Waals surface area contributed by atoms with Gasteiger partial charge in [0, 0.05) is 17.8 Å². The first-order chi connectivity index (χ1) is 17.8. The Morgan fingerprint density at radius 2 is 1.74 bits per heavy atom. The van der Waals surface area contributed by atoms with Gasteiger partial charge in [0.15, 0.2) is 18.2 Å². The molecule has 0 radical (unpaired) electrons. The first-order valence-corrected chi connectivity index (χ1v) is 13.8. The largest absolute Gasteiger partial charge is 0.479 e. The summed E-state index contributed by atoms with van der Waals surface area (Å²) in [6, 6.07) is 0. The third-order valence-electron chi connectivity index (χ3n) is 11.2. The highest BCUT2D eigenvalue weighted by molar-refractivity contribution is 5.92. The van der Waals surface area contributed by atoms with E-state index in [4.69, 9.17) is 9.47 Å². The monoisotopic (exact) mass is 540 g/mol. The van der Waals surface area contributed by atoms with E-state index < -0.39 is 60.1 Å². The molecule has 5 rings (SSSR count). The predicted molar refractivity (Wildman–Crippen MR) is 128 cm³/mol. The first kappa shape index (κ1) is 28.1. The highest BCUT2D eigenvalue weighted by atomic mass is 16.7. The number of carbonyl (C=O) groups excluding carboxylic acids is 2. The van der Waals surface area contributed by atoms with Crippen molar-refractivity contribution in [3.05, 3.63) is 0 Å². The fourth-order valence-corrected chi connectivity index (χ4v) is 9.10. The molecule has 4 saturated carbocycles. The van der Waals surface area contributed by atoms with E-state index in [2.05, 4.69) is 6.92 Å². The van der Waals surface area contributed by atoms with Crippen molar-refractivity contribution in [2.45, 2.75) is 108 Å². The number of aliphatic carboxylic acids is 1. The van der Waals surface area contributed by atoms with Crippen molar-refractivity contribution in [2.75, 3.05) is 6.61 Å². The van der Waals surface area contributed by atoms with E-state index in [-0.39, 0.29) is 53.8 Å². The van der Waals surface area contributed by atoms with Crippen LogP contribution in [0.5, 0.6) is 0 Å². The van der Waals surface area contributed by atoms with Gasteiger partial charge in [0.25, 0.3) is 0 Å². The van der Waals surface area contributed by atoms with Crippen molar-refractivity contribution in [1.82, 2.24) is 0 Å². The van der Waals surface area contributed by atoms with Crippen molar-refractivity contribution >= 4 is 17.5 Å². The second-order valence-electron chi connectivity index (χ2n) is 12.8. The fraction of sp³-hybridized carbons (Fsp3) is 0.889. The fourth-order valence-electron chi connectivity index (χ4n) is 9.10. The molecule has 1 aliphatic heterocycles. The van der Waals surface area contributed by atoms with Crippen LogP contribution in [0.1, 0.15) is 65.2 Å². The zero-order valence-corrected chi connectivity index (χ0v) is 21.9. The van der Waals surface area contributed by atoms with Crippen LogP contribution in [0.2, 0.25) is 0 Å². The number of hydrogen-bond acceptors (Lipinski definition) is 10. The quantitative estimate of drug-likeness (QED) is 0.253. The molecular formula is C27H40O11. The summed E-state index contributed by atoms with van der Waals surface area (Å²) in [5.41, 5.74) is -2.90. The van der Waals surface area contributed by atoms with Crippen molar-refractivity contribution in [3.8, 4) is 0 Å². The summed E-state index contributed by atoms with van der Waals surface area (Å²) >= 11 is 0. The van der Waals surface area contributed by atoms with Gasteiger partial charge in [-0.3, -0.25) is 9.59 Å². The minimum Gasteiger partial charge on any atom is -0.479 e. The Balaban J connectivity index is 1.31. The lowest BCUT2D eigenvalue weighted by Gasteiger charge is -2.60. The molecule has 1 heterocycles. The maximum Gasteiger partial charge on any atom is 0.335 e. The van der Waals surface area contributed by atoms with Crippen LogP contribution in [-0.4, -0.2) is 97.2 Å². The average Bonchev–Trinajstić information content (AvgIpc) is 3.14. The van der Waals surface area contributed by atoms with Gasteiger partial charge in [-0.05, 0) is 68.1 Å². The van der Waals surface area contributed by atoms with Gasteiger partial charge in [0.2, 0.25) is 0 Å². The smallest absolute Gasteiger partial charge is 0.335 e. The van der Waals surface area contributed by atoms with Crippen LogP contribution in [-0.2, 0) is 23.9 Å². The Morgan fingerprint density at radius 3 is 2.39 bits per heavy atom. The Hall–Kier alpha value is -1.47. The van der Waals surface area contributed by atoms with Crippen LogP contribution in [0.3, 0.4) is 0 Å². The molecule has 6 N–H and O–H groups in total. The van der Waals surface area contributed by atoms with Gasteiger partial charge < -0.3 is 40.1 Å². The number of rotatable bonds is 5. The van der Waals surface area contributed by atoms with Crippen molar-refractivity contribution in [1.29, 1.82) is 0 Å². The molecular weight excluding hydrogens is 500 g/mol. The molecule has 5 fully saturated rings. The molecule has 4 aliphatic carbocycles. The molecule has 5 aliphatic rings. The van der Waals surface area contributed by atoms with Gasteiger partial charge in [0.05, 0.1) is 6.10 Å². The number of fused-ring (bicyclic) bond motifs is 5. The van der Waals surface area contributed by atoms with E-state index in [1.165, 1.54) is 0 Å². The number of ether oxygens (including phenoxy) is 2. The summed E-state index contributed by atoms with van der Waals surface area (Å²) < 4.78 is 11.3. The standard InChI is InChI=1S/C27H40O11/c1-25-7-5-13(37-24-21(33)19(31)20(32)22(38-24)23(34)35)9-12(25)3-4-14-15-6-8-27(36,17(30)11-28)26(15,2)10-16(29)18(14)25/h12-15,18-22,24,28,31-33,36H,3-11H2,1-2H3,(H,34,35)/t12-,13+,14-,15+,18+,19-,20+,21-,22-,24+,25-,26+,27-/m0/s1. The second kappa shape index (κ2) is 9.57. The molecule has 13 atom stereocenters. The van der Waals surface area contributed by atoms with E-state index in [0.717, 1.165) is 12.8 Å². The molecule has 0 unspecified atom stereocenters. The summed E-state index contributed by atoms with van der Waals surface area (Å²) in [7, 11) is 0. The minimum absolute atomic E-state index is 0.00380. The van der Waals surface area contributed by atoms with Crippen LogP contribution in [0.15, 0.2) is 0 Å². The first-order valence-electron chi connectivity index (χ1n) is 13.8. The second-order valence-corrected chi connectivity index (χ2v) is 12.8. The Morgan fingerprint density at radius 1 is 1.03 bits per heavy atom. The SMILES string of the molecule is C[C@]12CC[C@@H](O[C@@H]3O[C@H](C(=O)O)[C@H](O)[C@H](O)[C@@H]3O)C[C@@H]1CC[C@H]1[C@H]3CC[C@](O)(C(=O)CO)[C@]3(C)CC(=O)[C@@H]12. The van der Waals surface area contributed by atoms with E-state index in [1.807, 2.05) is 6.92 Å². The normalized spacial score (nSPS) is 52.6. The Kier molecular flexibility index (Phi) is 7.07.